The molecule has 0 aliphatic carbocycles. The molecule has 0 spiro atoms. The van der Waals surface area contributed by atoms with Crippen molar-refractivity contribution in [2.75, 3.05) is 20.3 Å². The van der Waals surface area contributed by atoms with Gasteiger partial charge in [-0.3, -0.25) is 0 Å². The van der Waals surface area contributed by atoms with E-state index in [0.29, 0.717) is 6.61 Å². The third kappa shape index (κ3) is 9.73. The molecule has 0 saturated heterocycles. The topological polar surface area (TPSA) is 40.0 Å². The van der Waals surface area contributed by atoms with E-state index >= 15 is 0 Å². The molecular formula is C29H41NO3. The summed E-state index contributed by atoms with van der Waals surface area (Å²) in [6, 6.07) is 12.8. The lowest BCUT2D eigenvalue weighted by Crippen LogP contribution is -2.02. The van der Waals surface area contributed by atoms with Gasteiger partial charge in [0.2, 0.25) is 0 Å². The van der Waals surface area contributed by atoms with Crippen LogP contribution in [0.5, 0.6) is 11.5 Å². The Hall–Kier alpha value is -2.75. The molecule has 0 amide bonds. The first-order valence-electron chi connectivity index (χ1n) is 12.2. The van der Waals surface area contributed by atoms with Crippen LogP contribution in [0.15, 0.2) is 53.7 Å². The van der Waals surface area contributed by atoms with Crippen LogP contribution in [0.3, 0.4) is 0 Å². The van der Waals surface area contributed by atoms with Crippen LogP contribution in [0.1, 0.15) is 74.6 Å². The molecule has 2 rings (SSSR count). The third-order valence-electron chi connectivity index (χ3n) is 5.72. The van der Waals surface area contributed by atoms with Crippen LogP contribution in [0.4, 0.5) is 0 Å². The highest BCUT2D eigenvalue weighted by molar-refractivity contribution is 5.98. The Morgan fingerprint density at radius 1 is 0.879 bits per heavy atom. The zero-order valence-electron chi connectivity index (χ0n) is 21.2. The number of unbranched alkanes of at least 4 members (excludes halogenated alkanes) is 5. The first kappa shape index (κ1) is 26.5. The molecular weight excluding hydrogens is 410 g/mol. The Kier molecular flexibility index (Phi) is 12.2. The van der Waals surface area contributed by atoms with Crippen molar-refractivity contribution in [2.24, 2.45) is 5.16 Å². The minimum atomic E-state index is 0.603. The number of rotatable bonds is 15. The first-order chi connectivity index (χ1) is 16.0. The summed E-state index contributed by atoms with van der Waals surface area (Å²) >= 11 is 0. The highest BCUT2D eigenvalue weighted by atomic mass is 16.6. The SMILES string of the molecule is C/C=C/COc1cc(C)c(OCCCCCCCCc2ccc(/C(C)=N/OC)cc2)c(C)c1. The lowest BCUT2D eigenvalue weighted by atomic mass is 10.0. The summed E-state index contributed by atoms with van der Waals surface area (Å²) in [5.74, 6) is 1.91. The van der Waals surface area contributed by atoms with Gasteiger partial charge in [-0.05, 0) is 81.3 Å². The summed E-state index contributed by atoms with van der Waals surface area (Å²) in [6.07, 6.45) is 12.5. The zero-order valence-corrected chi connectivity index (χ0v) is 21.2. The van der Waals surface area contributed by atoms with Gasteiger partial charge in [0, 0.05) is 0 Å². The lowest BCUT2D eigenvalue weighted by molar-refractivity contribution is 0.213. The number of oxime groups is 1. The molecule has 0 unspecified atom stereocenters. The van der Waals surface area contributed by atoms with Gasteiger partial charge in [0.05, 0.1) is 12.3 Å². The lowest BCUT2D eigenvalue weighted by Gasteiger charge is -2.14. The van der Waals surface area contributed by atoms with Crippen molar-refractivity contribution in [2.45, 2.75) is 72.6 Å². The van der Waals surface area contributed by atoms with Gasteiger partial charge >= 0.3 is 0 Å². The van der Waals surface area contributed by atoms with Gasteiger partial charge in [-0.1, -0.05) is 67.3 Å². The molecule has 33 heavy (non-hydrogen) atoms. The Morgan fingerprint density at radius 3 is 2.15 bits per heavy atom. The molecule has 0 saturated carbocycles. The van der Waals surface area contributed by atoms with Gasteiger partial charge in [-0.25, -0.2) is 0 Å². The van der Waals surface area contributed by atoms with Crippen molar-refractivity contribution in [3.8, 4) is 11.5 Å². The van der Waals surface area contributed by atoms with Gasteiger partial charge in [-0.2, -0.15) is 0 Å². The van der Waals surface area contributed by atoms with Gasteiger partial charge in [0.25, 0.3) is 0 Å². The van der Waals surface area contributed by atoms with Crippen LogP contribution in [0.25, 0.3) is 0 Å². The number of aryl methyl sites for hydroxylation is 3. The summed E-state index contributed by atoms with van der Waals surface area (Å²) in [6.45, 7) is 9.52. The van der Waals surface area contributed by atoms with E-state index in [1.807, 2.05) is 26.0 Å². The van der Waals surface area contributed by atoms with Crippen molar-refractivity contribution >= 4 is 5.71 Å². The molecule has 0 aliphatic rings. The Morgan fingerprint density at radius 2 is 1.52 bits per heavy atom. The molecule has 4 nitrogen and oxygen atoms in total. The van der Waals surface area contributed by atoms with Crippen molar-refractivity contribution in [1.29, 1.82) is 0 Å². The van der Waals surface area contributed by atoms with Crippen LogP contribution in [-0.2, 0) is 11.3 Å². The number of ether oxygens (including phenoxy) is 2. The maximum atomic E-state index is 6.09. The van der Waals surface area contributed by atoms with E-state index in [9.17, 15) is 0 Å². The molecule has 4 heteroatoms. The number of hydrogen-bond donors (Lipinski definition) is 0. The predicted molar refractivity (Wildman–Crippen MR) is 139 cm³/mol. The predicted octanol–water partition coefficient (Wildman–Crippen LogP) is 7.59. The van der Waals surface area contributed by atoms with E-state index in [0.717, 1.165) is 53.3 Å². The molecule has 0 bridgehead atoms. The smallest absolute Gasteiger partial charge is 0.125 e. The molecule has 0 heterocycles. The van der Waals surface area contributed by atoms with Crippen LogP contribution >= 0.6 is 0 Å². The first-order valence-corrected chi connectivity index (χ1v) is 12.2. The van der Waals surface area contributed by atoms with Gasteiger partial charge in [-0.15, -0.1) is 0 Å². The average Bonchev–Trinajstić information content (AvgIpc) is 2.80. The highest BCUT2D eigenvalue weighted by Gasteiger charge is 2.07. The van der Waals surface area contributed by atoms with E-state index in [-0.39, 0.29) is 0 Å². The summed E-state index contributed by atoms with van der Waals surface area (Å²) in [5.41, 5.74) is 5.69. The van der Waals surface area contributed by atoms with Crippen LogP contribution in [0.2, 0.25) is 0 Å². The highest BCUT2D eigenvalue weighted by Crippen LogP contribution is 2.28. The van der Waals surface area contributed by atoms with Gasteiger partial charge < -0.3 is 14.3 Å². The molecule has 0 fully saturated rings. The fourth-order valence-corrected chi connectivity index (χ4v) is 3.88. The minimum Gasteiger partial charge on any atom is -0.493 e. The molecule has 2 aromatic carbocycles. The molecule has 180 valence electrons. The Bertz CT molecular complexity index is 861. The van der Waals surface area contributed by atoms with E-state index in [1.54, 1.807) is 7.11 Å². The summed E-state index contributed by atoms with van der Waals surface area (Å²) in [5, 5.41) is 3.98. The minimum absolute atomic E-state index is 0.603. The number of allylic oxidation sites excluding steroid dienone is 1. The number of hydrogen-bond acceptors (Lipinski definition) is 4. The molecule has 2 aromatic rings. The van der Waals surface area contributed by atoms with Crippen LogP contribution in [0, 0.1) is 13.8 Å². The molecule has 0 radical (unpaired) electrons. The average molecular weight is 452 g/mol. The Labute approximate surface area is 200 Å². The van der Waals surface area contributed by atoms with Gasteiger partial charge in [0.15, 0.2) is 0 Å². The maximum Gasteiger partial charge on any atom is 0.125 e. The third-order valence-corrected chi connectivity index (χ3v) is 5.72. The quantitative estimate of drug-likeness (QED) is 0.121. The Balaban J connectivity index is 1.58. The van der Waals surface area contributed by atoms with E-state index < -0.39 is 0 Å². The molecule has 0 aliphatic heterocycles. The zero-order chi connectivity index (χ0) is 23.9. The summed E-state index contributed by atoms with van der Waals surface area (Å²) in [7, 11) is 1.58. The number of nitrogens with zero attached hydrogens (tertiary/aromatic N) is 1. The van der Waals surface area contributed by atoms with Crippen LogP contribution in [-0.4, -0.2) is 26.0 Å². The van der Waals surface area contributed by atoms with Crippen molar-refractivity contribution < 1.29 is 14.3 Å². The fourth-order valence-electron chi connectivity index (χ4n) is 3.88. The van der Waals surface area contributed by atoms with E-state index in [1.165, 1.54) is 37.7 Å². The maximum absolute atomic E-state index is 6.09. The van der Waals surface area contributed by atoms with Crippen molar-refractivity contribution in [1.82, 2.24) is 0 Å². The molecule has 0 N–H and O–H groups in total. The van der Waals surface area contributed by atoms with Gasteiger partial charge in [0.1, 0.15) is 25.2 Å². The normalized spacial score (nSPS) is 11.7. The standard InChI is InChI=1S/C29H41NO3/c1-6-7-19-32-28-21-23(2)29(24(3)22-28)33-20-13-11-9-8-10-12-14-26-15-17-27(18-16-26)25(4)30-31-5/h6-7,15-18,21-22H,8-14,19-20H2,1-5H3/b7-6+,30-25+. The van der Waals surface area contributed by atoms with Crippen molar-refractivity contribution in [3.05, 3.63) is 70.8 Å². The second-order valence-electron chi connectivity index (χ2n) is 8.54. The van der Waals surface area contributed by atoms with E-state index in [4.69, 9.17) is 14.3 Å². The summed E-state index contributed by atoms with van der Waals surface area (Å²) in [4.78, 5) is 4.84. The second kappa shape index (κ2) is 15.2. The monoisotopic (exact) mass is 451 g/mol. The van der Waals surface area contributed by atoms with E-state index in [2.05, 4.69) is 55.4 Å². The van der Waals surface area contributed by atoms with Crippen molar-refractivity contribution in [3.63, 3.8) is 0 Å². The largest absolute Gasteiger partial charge is 0.493 e. The molecule has 0 aromatic heterocycles. The fraction of sp³-hybridized carbons (Fsp3) is 0.483. The number of benzene rings is 2. The van der Waals surface area contributed by atoms with Crippen LogP contribution < -0.4 is 9.47 Å². The summed E-state index contributed by atoms with van der Waals surface area (Å²) < 4.78 is 11.8. The molecule has 0 atom stereocenters. The second-order valence-corrected chi connectivity index (χ2v) is 8.54.